The normalized spacial score (nSPS) is 41.1. The molecule has 0 spiro atoms. The Labute approximate surface area is 132 Å². The fourth-order valence-electron chi connectivity index (χ4n) is 5.38. The first kappa shape index (κ1) is 15.8. The maximum atomic E-state index is 3.86. The van der Waals surface area contributed by atoms with E-state index < -0.39 is 0 Å². The quantitative estimate of drug-likeness (QED) is 0.822. The number of rotatable bonds is 5. The first-order chi connectivity index (χ1) is 10.3. The lowest BCUT2D eigenvalue weighted by Gasteiger charge is -2.43. The molecule has 0 radical (unpaired) electrons. The number of fused-ring (bicyclic) bond motifs is 1. The molecule has 0 bridgehead atoms. The first-order valence-electron chi connectivity index (χ1n) is 9.75. The SMILES string of the molecule is CCCNC1CCC(C)CC1CN1CCCC2CCCC21. The molecule has 2 aliphatic carbocycles. The van der Waals surface area contributed by atoms with Crippen molar-refractivity contribution in [1.29, 1.82) is 0 Å². The Hall–Kier alpha value is -0.0800. The standard InChI is InChI=1S/C19H36N2/c1-3-11-20-18-10-9-15(2)13-17(18)14-21-12-5-7-16-6-4-8-19(16)21/h15-20H,3-14H2,1-2H3. The lowest BCUT2D eigenvalue weighted by molar-refractivity contribution is 0.0682. The van der Waals surface area contributed by atoms with Crippen molar-refractivity contribution in [1.82, 2.24) is 10.2 Å². The Balaban J connectivity index is 1.59. The summed E-state index contributed by atoms with van der Waals surface area (Å²) < 4.78 is 0. The van der Waals surface area contributed by atoms with Crippen molar-refractivity contribution in [3.05, 3.63) is 0 Å². The van der Waals surface area contributed by atoms with Crippen LogP contribution >= 0.6 is 0 Å². The predicted molar refractivity (Wildman–Crippen MR) is 90.5 cm³/mol. The van der Waals surface area contributed by atoms with E-state index in [0.717, 1.165) is 29.8 Å². The highest BCUT2D eigenvalue weighted by atomic mass is 15.2. The highest BCUT2D eigenvalue weighted by molar-refractivity contribution is 4.92. The predicted octanol–water partition coefficient (Wildman–Crippen LogP) is 4.06. The molecule has 0 aromatic rings. The summed E-state index contributed by atoms with van der Waals surface area (Å²) in [4.78, 5) is 2.91. The lowest BCUT2D eigenvalue weighted by atomic mass is 9.77. The van der Waals surface area contributed by atoms with Gasteiger partial charge >= 0.3 is 0 Å². The van der Waals surface area contributed by atoms with Crippen molar-refractivity contribution in [2.24, 2.45) is 17.8 Å². The summed E-state index contributed by atoms with van der Waals surface area (Å²) in [6, 6.07) is 1.74. The summed E-state index contributed by atoms with van der Waals surface area (Å²) in [5.74, 6) is 2.89. The molecule has 1 saturated heterocycles. The molecule has 3 rings (SSSR count). The number of piperidine rings is 1. The van der Waals surface area contributed by atoms with Gasteiger partial charge in [-0.3, -0.25) is 4.90 Å². The number of hydrogen-bond donors (Lipinski definition) is 1. The highest BCUT2D eigenvalue weighted by Gasteiger charge is 2.37. The second kappa shape index (κ2) is 7.46. The van der Waals surface area contributed by atoms with Gasteiger partial charge in [-0.1, -0.05) is 20.3 Å². The van der Waals surface area contributed by atoms with E-state index >= 15 is 0 Å². The summed E-state index contributed by atoms with van der Waals surface area (Å²) in [6.07, 6.45) is 13.0. The third-order valence-electron chi connectivity index (χ3n) is 6.48. The summed E-state index contributed by atoms with van der Waals surface area (Å²) in [7, 11) is 0. The Bertz CT molecular complexity index is 315. The van der Waals surface area contributed by atoms with E-state index in [0.29, 0.717) is 0 Å². The summed E-state index contributed by atoms with van der Waals surface area (Å²) in [5, 5.41) is 3.86. The monoisotopic (exact) mass is 292 g/mol. The molecule has 0 aromatic heterocycles. The van der Waals surface area contributed by atoms with Crippen LogP contribution in [0.15, 0.2) is 0 Å². The van der Waals surface area contributed by atoms with Gasteiger partial charge in [-0.25, -0.2) is 0 Å². The molecule has 5 atom stereocenters. The maximum absolute atomic E-state index is 3.86. The maximum Gasteiger partial charge on any atom is 0.0124 e. The zero-order valence-corrected chi connectivity index (χ0v) is 14.3. The fraction of sp³-hybridized carbons (Fsp3) is 1.00. The van der Waals surface area contributed by atoms with E-state index in [9.17, 15) is 0 Å². The van der Waals surface area contributed by atoms with Gasteiger partial charge in [-0.15, -0.1) is 0 Å². The van der Waals surface area contributed by atoms with Crippen LogP contribution in [0.4, 0.5) is 0 Å². The Morgan fingerprint density at radius 2 is 1.90 bits per heavy atom. The van der Waals surface area contributed by atoms with Crippen LogP contribution in [0.2, 0.25) is 0 Å². The molecule has 2 saturated carbocycles. The van der Waals surface area contributed by atoms with Crippen LogP contribution in [-0.4, -0.2) is 36.6 Å². The molecular weight excluding hydrogens is 256 g/mol. The minimum absolute atomic E-state index is 0.794. The highest BCUT2D eigenvalue weighted by Crippen LogP contribution is 2.38. The largest absolute Gasteiger partial charge is 0.314 e. The summed E-state index contributed by atoms with van der Waals surface area (Å²) in [5.41, 5.74) is 0. The average molecular weight is 293 g/mol. The Morgan fingerprint density at radius 3 is 2.76 bits per heavy atom. The van der Waals surface area contributed by atoms with E-state index in [-0.39, 0.29) is 0 Å². The first-order valence-corrected chi connectivity index (χ1v) is 9.75. The minimum atomic E-state index is 0.794. The van der Waals surface area contributed by atoms with Gasteiger partial charge in [0, 0.05) is 18.6 Å². The number of nitrogens with zero attached hydrogens (tertiary/aromatic N) is 1. The van der Waals surface area contributed by atoms with Gasteiger partial charge in [-0.05, 0) is 82.2 Å². The number of likely N-dealkylation sites (tertiary alicyclic amines) is 1. The smallest absolute Gasteiger partial charge is 0.0124 e. The van der Waals surface area contributed by atoms with Gasteiger partial charge in [0.15, 0.2) is 0 Å². The van der Waals surface area contributed by atoms with E-state index in [2.05, 4.69) is 24.1 Å². The summed E-state index contributed by atoms with van der Waals surface area (Å²) >= 11 is 0. The van der Waals surface area contributed by atoms with Gasteiger partial charge in [0.1, 0.15) is 0 Å². The van der Waals surface area contributed by atoms with Gasteiger partial charge in [0.25, 0.3) is 0 Å². The van der Waals surface area contributed by atoms with E-state index in [1.54, 1.807) is 0 Å². The average Bonchev–Trinajstić information content (AvgIpc) is 2.96. The van der Waals surface area contributed by atoms with Crippen LogP contribution in [0.5, 0.6) is 0 Å². The molecule has 3 fully saturated rings. The zero-order valence-electron chi connectivity index (χ0n) is 14.3. The number of nitrogens with one attached hydrogen (secondary N) is 1. The summed E-state index contributed by atoms with van der Waals surface area (Å²) in [6.45, 7) is 8.74. The van der Waals surface area contributed by atoms with Crippen LogP contribution in [0.25, 0.3) is 0 Å². The van der Waals surface area contributed by atoms with E-state index in [1.807, 2.05) is 0 Å². The fourth-order valence-corrected chi connectivity index (χ4v) is 5.38. The topological polar surface area (TPSA) is 15.3 Å². The van der Waals surface area contributed by atoms with Crippen LogP contribution < -0.4 is 5.32 Å². The zero-order chi connectivity index (χ0) is 14.7. The molecule has 1 heterocycles. The van der Waals surface area contributed by atoms with Crippen molar-refractivity contribution in [2.75, 3.05) is 19.6 Å². The van der Waals surface area contributed by atoms with Gasteiger partial charge in [-0.2, -0.15) is 0 Å². The van der Waals surface area contributed by atoms with Gasteiger partial charge in [0.05, 0.1) is 0 Å². The molecule has 3 aliphatic rings. The second-order valence-corrected chi connectivity index (χ2v) is 8.13. The second-order valence-electron chi connectivity index (χ2n) is 8.13. The van der Waals surface area contributed by atoms with Crippen molar-refractivity contribution < 1.29 is 0 Å². The van der Waals surface area contributed by atoms with Crippen molar-refractivity contribution in [3.8, 4) is 0 Å². The van der Waals surface area contributed by atoms with Crippen LogP contribution in [0.1, 0.15) is 71.6 Å². The Morgan fingerprint density at radius 1 is 1.05 bits per heavy atom. The van der Waals surface area contributed by atoms with Gasteiger partial charge in [0.2, 0.25) is 0 Å². The molecule has 1 N–H and O–H groups in total. The molecule has 0 aromatic carbocycles. The van der Waals surface area contributed by atoms with Crippen LogP contribution in [0.3, 0.4) is 0 Å². The van der Waals surface area contributed by atoms with Crippen LogP contribution in [-0.2, 0) is 0 Å². The van der Waals surface area contributed by atoms with Gasteiger partial charge < -0.3 is 5.32 Å². The van der Waals surface area contributed by atoms with Crippen LogP contribution in [0, 0.1) is 17.8 Å². The number of hydrogen-bond acceptors (Lipinski definition) is 2. The van der Waals surface area contributed by atoms with Crippen molar-refractivity contribution in [2.45, 2.75) is 83.7 Å². The molecule has 122 valence electrons. The molecule has 1 aliphatic heterocycles. The lowest BCUT2D eigenvalue weighted by Crippen LogP contribution is -2.50. The minimum Gasteiger partial charge on any atom is -0.314 e. The third-order valence-corrected chi connectivity index (χ3v) is 6.48. The molecule has 2 nitrogen and oxygen atoms in total. The molecular formula is C19H36N2. The molecule has 2 heteroatoms. The molecule has 0 amide bonds. The van der Waals surface area contributed by atoms with Crippen molar-refractivity contribution in [3.63, 3.8) is 0 Å². The van der Waals surface area contributed by atoms with E-state index in [1.165, 1.54) is 77.4 Å². The van der Waals surface area contributed by atoms with E-state index in [4.69, 9.17) is 0 Å². The molecule has 21 heavy (non-hydrogen) atoms. The molecule has 5 unspecified atom stereocenters. The van der Waals surface area contributed by atoms with Crippen molar-refractivity contribution >= 4 is 0 Å². The third kappa shape index (κ3) is 3.82. The Kier molecular flexibility index (Phi) is 5.61.